The highest BCUT2D eigenvalue weighted by atomic mass is 32.2. The number of carbonyl (C=O) groups excluding carboxylic acids is 2. The topological polar surface area (TPSA) is 119 Å². The first kappa shape index (κ1) is 36.0. The molecule has 2 atom stereocenters. The maximum atomic E-state index is 14.4. The predicted molar refractivity (Wildman–Crippen MR) is 205 cm³/mol. The first-order valence-electron chi connectivity index (χ1n) is 18.4. The number of hydrogen-bond acceptors (Lipinski definition) is 7. The van der Waals surface area contributed by atoms with Gasteiger partial charge in [-0.1, -0.05) is 25.3 Å². The van der Waals surface area contributed by atoms with E-state index in [1.807, 2.05) is 36.2 Å². The highest BCUT2D eigenvalue weighted by molar-refractivity contribution is 7.90. The predicted octanol–water partition coefficient (Wildman–Crippen LogP) is 6.28. The molecule has 2 aliphatic heterocycles. The van der Waals surface area contributed by atoms with E-state index in [0.717, 1.165) is 70.4 Å². The lowest BCUT2D eigenvalue weighted by molar-refractivity contribution is 0.0414. The van der Waals surface area contributed by atoms with Gasteiger partial charge in [0.25, 0.3) is 11.8 Å². The Morgan fingerprint density at radius 1 is 0.962 bits per heavy atom. The van der Waals surface area contributed by atoms with Crippen LogP contribution in [0.15, 0.2) is 42.6 Å². The van der Waals surface area contributed by atoms with Gasteiger partial charge in [-0.25, -0.2) is 13.1 Å². The maximum Gasteiger partial charge on any atom is 0.264 e. The standard InChI is InChI=1S/C40H50N6O5S/c1-24(2)52(49,50)42-39(47)28-13-15-33-35(19-28)46-23-30(37-34(20-41-44(37)6)40(48)45-21-25(3)43(5)26(4)22-45)17-29-18-31(51-7)14-16-32(29)38(46)36(33)27-11-9-8-10-12-27/h13-20,24-27H,8-12,21-23H2,1-7H3,(H,42,47)/t25-,26+. The summed E-state index contributed by atoms with van der Waals surface area (Å²) in [6.45, 7) is 9.04. The summed E-state index contributed by atoms with van der Waals surface area (Å²) < 4.78 is 37.5. The molecule has 1 aliphatic carbocycles. The highest BCUT2D eigenvalue weighted by Crippen LogP contribution is 2.48. The number of nitrogens with one attached hydrogen (secondary N) is 1. The maximum absolute atomic E-state index is 14.4. The van der Waals surface area contributed by atoms with Gasteiger partial charge in [-0.3, -0.25) is 19.2 Å². The summed E-state index contributed by atoms with van der Waals surface area (Å²) in [6.07, 6.45) is 9.46. The van der Waals surface area contributed by atoms with Gasteiger partial charge in [0.1, 0.15) is 5.75 Å². The number of nitrogens with zero attached hydrogens (tertiary/aromatic N) is 5. The van der Waals surface area contributed by atoms with Crippen molar-refractivity contribution in [2.24, 2.45) is 7.05 Å². The normalized spacial score (nSPS) is 20.0. The molecule has 276 valence electrons. The molecule has 0 radical (unpaired) electrons. The fraction of sp³-hybridized carbons (Fsp3) is 0.475. The monoisotopic (exact) mass is 726 g/mol. The van der Waals surface area contributed by atoms with Gasteiger partial charge >= 0.3 is 0 Å². The number of sulfonamides is 1. The lowest BCUT2D eigenvalue weighted by atomic mass is 9.81. The molecule has 1 saturated carbocycles. The van der Waals surface area contributed by atoms with Crippen molar-refractivity contribution >= 4 is 44.4 Å². The van der Waals surface area contributed by atoms with E-state index in [9.17, 15) is 18.0 Å². The zero-order valence-corrected chi connectivity index (χ0v) is 32.1. The molecule has 0 bridgehead atoms. The third-order valence-corrected chi connectivity index (χ3v) is 13.2. The first-order chi connectivity index (χ1) is 24.8. The number of amides is 2. The van der Waals surface area contributed by atoms with E-state index >= 15 is 0 Å². The third-order valence-electron chi connectivity index (χ3n) is 11.5. The molecule has 3 aliphatic rings. The summed E-state index contributed by atoms with van der Waals surface area (Å²) in [7, 11) is 1.81. The van der Waals surface area contributed by atoms with E-state index in [0.29, 0.717) is 31.1 Å². The van der Waals surface area contributed by atoms with Crippen LogP contribution in [-0.4, -0.2) is 89.0 Å². The number of piperazine rings is 1. The molecule has 2 aromatic carbocycles. The largest absolute Gasteiger partial charge is 0.497 e. The summed E-state index contributed by atoms with van der Waals surface area (Å²) in [6, 6.07) is 12.1. The number of rotatable bonds is 7. The number of hydrogen-bond donors (Lipinski definition) is 1. The first-order valence-corrected chi connectivity index (χ1v) is 20.0. The molecule has 12 heteroatoms. The van der Waals surface area contributed by atoms with Gasteiger partial charge in [0.05, 0.1) is 42.1 Å². The number of aromatic nitrogens is 3. The minimum atomic E-state index is -3.83. The fourth-order valence-corrected chi connectivity index (χ4v) is 8.96. The van der Waals surface area contributed by atoms with Gasteiger partial charge in [0.15, 0.2) is 0 Å². The Morgan fingerprint density at radius 2 is 1.67 bits per heavy atom. The second-order valence-electron chi connectivity index (χ2n) is 15.2. The van der Waals surface area contributed by atoms with Gasteiger partial charge in [0, 0.05) is 54.3 Å². The van der Waals surface area contributed by atoms with Crippen LogP contribution in [0.3, 0.4) is 0 Å². The van der Waals surface area contributed by atoms with E-state index in [1.165, 1.54) is 12.0 Å². The number of methoxy groups -OCH3 is 1. The third kappa shape index (κ3) is 6.33. The minimum absolute atomic E-state index is 0.0447. The number of allylic oxidation sites excluding steroid dienone is 1. The van der Waals surface area contributed by atoms with Gasteiger partial charge in [-0.15, -0.1) is 0 Å². The number of ether oxygens (including phenoxy) is 1. The lowest BCUT2D eigenvalue weighted by Gasteiger charge is -2.42. The van der Waals surface area contributed by atoms with Gasteiger partial charge < -0.3 is 14.2 Å². The second-order valence-corrected chi connectivity index (χ2v) is 17.4. The van der Waals surface area contributed by atoms with Crippen molar-refractivity contribution < 1.29 is 22.7 Å². The summed E-state index contributed by atoms with van der Waals surface area (Å²) >= 11 is 0. The Hall–Kier alpha value is -4.42. The minimum Gasteiger partial charge on any atom is -0.497 e. The van der Waals surface area contributed by atoms with Crippen LogP contribution in [-0.2, 0) is 23.6 Å². The molecule has 2 aromatic heterocycles. The average Bonchev–Trinajstić information content (AvgIpc) is 3.61. The fourth-order valence-electron chi connectivity index (χ4n) is 8.35. The second kappa shape index (κ2) is 13.9. The zero-order valence-electron chi connectivity index (χ0n) is 31.3. The van der Waals surface area contributed by atoms with Crippen molar-refractivity contribution in [3.63, 3.8) is 0 Å². The molecule has 0 spiro atoms. The van der Waals surface area contributed by atoms with Crippen LogP contribution in [0.4, 0.5) is 0 Å². The molecule has 1 saturated heterocycles. The van der Waals surface area contributed by atoms with E-state index < -0.39 is 21.2 Å². The molecular formula is C40H50N6O5S. The summed E-state index contributed by atoms with van der Waals surface area (Å²) in [5, 5.41) is 4.94. The summed E-state index contributed by atoms with van der Waals surface area (Å²) in [5.74, 6) is 0.344. The van der Waals surface area contributed by atoms with Crippen molar-refractivity contribution in [3.05, 3.63) is 70.5 Å². The van der Waals surface area contributed by atoms with Crippen LogP contribution < -0.4 is 9.46 Å². The molecule has 52 heavy (non-hydrogen) atoms. The zero-order chi connectivity index (χ0) is 37.1. The molecule has 11 nitrogen and oxygen atoms in total. The van der Waals surface area contributed by atoms with Crippen molar-refractivity contribution in [3.8, 4) is 17.0 Å². The quantitative estimate of drug-likeness (QED) is 0.238. The molecule has 0 unspecified atom stereocenters. The Labute approximate surface area is 306 Å². The molecule has 2 fully saturated rings. The van der Waals surface area contributed by atoms with Crippen LogP contribution in [0, 0.1) is 0 Å². The number of aryl methyl sites for hydroxylation is 1. The van der Waals surface area contributed by atoms with E-state index in [1.54, 1.807) is 37.9 Å². The Kier molecular flexibility index (Phi) is 9.58. The van der Waals surface area contributed by atoms with Gasteiger partial charge in [0.2, 0.25) is 10.0 Å². The SMILES string of the molecule is COc1ccc2c(c1)C=C(c1c(C(=O)N3C[C@@H](C)N(C)[C@@H](C)C3)cnn1C)Cn1c-2c(C2CCCCC2)c2ccc(C(=O)NS(=O)(=O)C(C)C)cc21. The Bertz CT molecular complexity index is 2180. The number of carbonyl (C=O) groups is 2. The van der Waals surface area contributed by atoms with Crippen LogP contribution in [0.5, 0.6) is 5.75 Å². The van der Waals surface area contributed by atoms with Gasteiger partial charge in [-0.2, -0.15) is 5.10 Å². The van der Waals surface area contributed by atoms with Crippen LogP contribution >= 0.6 is 0 Å². The van der Waals surface area contributed by atoms with Crippen LogP contribution in [0.25, 0.3) is 33.8 Å². The van der Waals surface area contributed by atoms with Crippen molar-refractivity contribution in [2.45, 2.75) is 89.6 Å². The Balaban J connectivity index is 1.43. The van der Waals surface area contributed by atoms with Crippen molar-refractivity contribution in [1.82, 2.24) is 28.9 Å². The molecule has 2 amide bonds. The van der Waals surface area contributed by atoms with Crippen LogP contribution in [0.2, 0.25) is 0 Å². The highest BCUT2D eigenvalue weighted by Gasteiger charge is 2.35. The lowest BCUT2D eigenvalue weighted by Crippen LogP contribution is -2.56. The molecule has 4 heterocycles. The molecule has 1 N–H and O–H groups in total. The van der Waals surface area contributed by atoms with Crippen LogP contribution in [0.1, 0.15) is 103 Å². The summed E-state index contributed by atoms with van der Waals surface area (Å²) in [5.41, 5.74) is 7.64. The number of benzene rings is 2. The molecule has 4 aromatic rings. The number of fused-ring (bicyclic) bond motifs is 5. The summed E-state index contributed by atoms with van der Waals surface area (Å²) in [4.78, 5) is 32.1. The Morgan fingerprint density at radius 3 is 2.35 bits per heavy atom. The van der Waals surface area contributed by atoms with Gasteiger partial charge in [-0.05, 0) is 107 Å². The van der Waals surface area contributed by atoms with Crippen molar-refractivity contribution in [2.75, 3.05) is 27.2 Å². The average molecular weight is 727 g/mol. The number of likely N-dealkylation sites (N-methyl/N-ethyl adjacent to an activating group) is 1. The molecular weight excluding hydrogens is 677 g/mol. The van der Waals surface area contributed by atoms with E-state index in [-0.39, 0.29) is 23.6 Å². The molecule has 7 rings (SSSR count). The smallest absolute Gasteiger partial charge is 0.264 e. The van der Waals surface area contributed by atoms with Crippen molar-refractivity contribution in [1.29, 1.82) is 0 Å². The van der Waals surface area contributed by atoms with E-state index in [4.69, 9.17) is 4.74 Å². The van der Waals surface area contributed by atoms with E-state index in [2.05, 4.69) is 52.3 Å².